The van der Waals surface area contributed by atoms with Gasteiger partial charge in [-0.2, -0.15) is 0 Å². The molecule has 0 radical (unpaired) electrons. The smallest absolute Gasteiger partial charge is 0 e. The molecule has 0 aliphatic carbocycles. The van der Waals surface area contributed by atoms with Crippen LogP contribution < -0.4 is 0 Å². The van der Waals surface area contributed by atoms with Crippen molar-refractivity contribution < 1.29 is 204 Å². The van der Waals surface area contributed by atoms with Gasteiger partial charge in [0.1, 0.15) is 0 Å². The summed E-state index contributed by atoms with van der Waals surface area (Å²) >= 11 is 0. The molecule has 0 bridgehead atoms. The second-order valence-corrected chi connectivity index (χ2v) is 0. The molecule has 0 N–H and O–H groups in total. The van der Waals surface area contributed by atoms with Crippen molar-refractivity contribution in [2.24, 2.45) is 0 Å². The molecule has 0 heterocycles. The van der Waals surface area contributed by atoms with E-state index in [1.54, 1.807) is 0 Å². The average molecular weight is 858 g/mol. The van der Waals surface area contributed by atoms with Gasteiger partial charge in [-0.1, -0.05) is 0 Å². The van der Waals surface area contributed by atoms with Crippen LogP contribution >= 0.6 is 0 Å². The maximum atomic E-state index is 0. The summed E-state index contributed by atoms with van der Waals surface area (Å²) in [7, 11) is 0. The number of hydrogen-bond acceptors (Lipinski definition) is 0. The first kappa shape index (κ1) is 49.2. The van der Waals surface area contributed by atoms with Crippen LogP contribution in [0.15, 0.2) is 0 Å². The SMILES string of the molecule is [Nd].[Nd].[Nd].[Pd].[Pd].[Pd].[Pd]. The zero-order valence-corrected chi connectivity index (χ0v) is 18.6. The van der Waals surface area contributed by atoms with Gasteiger partial charge in [-0.25, -0.2) is 0 Å². The molecule has 7 heteroatoms. The van der Waals surface area contributed by atoms with E-state index in [1.807, 2.05) is 0 Å². The van der Waals surface area contributed by atoms with E-state index in [0.717, 1.165) is 0 Å². The Kier molecular flexibility index (Phi) is 272. The van der Waals surface area contributed by atoms with Crippen molar-refractivity contribution in [3.63, 3.8) is 0 Å². The molecule has 0 atom stereocenters. The molecule has 0 aromatic carbocycles. The van der Waals surface area contributed by atoms with Gasteiger partial charge in [-0.3, -0.25) is 0 Å². The predicted octanol–water partition coefficient (Wildman–Crippen LogP) is -0.0100. The van der Waals surface area contributed by atoms with Gasteiger partial charge in [0.05, 0.1) is 0 Å². The van der Waals surface area contributed by atoms with Crippen LogP contribution in [0.3, 0.4) is 0 Å². The summed E-state index contributed by atoms with van der Waals surface area (Å²) in [6.45, 7) is 0. The van der Waals surface area contributed by atoms with E-state index in [4.69, 9.17) is 0 Å². The Bertz CT molecular complexity index is 6.90. The molecule has 0 aromatic heterocycles. The molecule has 0 saturated heterocycles. The topological polar surface area (TPSA) is 0 Å². The minimum Gasteiger partial charge on any atom is 0 e. The van der Waals surface area contributed by atoms with E-state index in [-0.39, 0.29) is 204 Å². The fraction of sp³-hybridized carbons (Fsp3) is 0. The second-order valence-electron chi connectivity index (χ2n) is 0. The monoisotopic (exact) mass is 849 g/mol. The van der Waals surface area contributed by atoms with Crippen molar-refractivity contribution >= 4 is 0 Å². The second kappa shape index (κ2) is 38.7. The molecule has 0 unspecified atom stereocenters. The summed E-state index contributed by atoms with van der Waals surface area (Å²) in [5.74, 6) is 0. The van der Waals surface area contributed by atoms with Gasteiger partial charge in [0.25, 0.3) is 0 Å². The maximum absolute atomic E-state index is 0. The van der Waals surface area contributed by atoms with Crippen molar-refractivity contribution in [3.8, 4) is 0 Å². The van der Waals surface area contributed by atoms with Crippen LogP contribution in [0.5, 0.6) is 0 Å². The Labute approximate surface area is 198 Å². The van der Waals surface area contributed by atoms with Crippen molar-refractivity contribution in [2.45, 2.75) is 0 Å². The van der Waals surface area contributed by atoms with E-state index in [1.165, 1.54) is 0 Å². The standard InChI is InChI=1S/3Nd.4Pd. The largest absolute Gasteiger partial charge is 0 e. The molecule has 0 nitrogen and oxygen atoms in total. The van der Waals surface area contributed by atoms with Crippen LogP contribution in [0, 0.1) is 123 Å². The van der Waals surface area contributed by atoms with Crippen LogP contribution in [0.25, 0.3) is 0 Å². The van der Waals surface area contributed by atoms with E-state index in [9.17, 15) is 0 Å². The predicted molar refractivity (Wildman–Crippen MR) is 0 cm³/mol. The Morgan fingerprint density at radius 1 is 0.286 bits per heavy atom. The van der Waals surface area contributed by atoms with Crippen molar-refractivity contribution in [3.05, 3.63) is 0 Å². The molecule has 0 aromatic rings. The molecule has 0 aliphatic rings. The Morgan fingerprint density at radius 3 is 0.286 bits per heavy atom. The summed E-state index contributed by atoms with van der Waals surface area (Å²) in [5.41, 5.74) is 0. The summed E-state index contributed by atoms with van der Waals surface area (Å²) in [5, 5.41) is 0. The Hall–Kier alpha value is 6.70. The minimum atomic E-state index is 0. The van der Waals surface area contributed by atoms with E-state index in [0.29, 0.717) is 0 Å². The summed E-state index contributed by atoms with van der Waals surface area (Å²) in [4.78, 5) is 0. The molecule has 52 valence electrons. The molecule has 0 spiro atoms. The summed E-state index contributed by atoms with van der Waals surface area (Å²) in [6.07, 6.45) is 0. The van der Waals surface area contributed by atoms with E-state index in [2.05, 4.69) is 0 Å². The molecule has 0 saturated carbocycles. The fourth-order valence-corrected chi connectivity index (χ4v) is 0. The van der Waals surface area contributed by atoms with Crippen LogP contribution in [0.4, 0.5) is 0 Å². The van der Waals surface area contributed by atoms with Crippen LogP contribution in [-0.2, 0) is 81.7 Å². The Morgan fingerprint density at radius 2 is 0.286 bits per heavy atom. The van der Waals surface area contributed by atoms with Gasteiger partial charge < -0.3 is 0 Å². The van der Waals surface area contributed by atoms with E-state index < -0.39 is 0 Å². The zero-order valence-electron chi connectivity index (χ0n) is 2.76. The Balaban J connectivity index is 0. The van der Waals surface area contributed by atoms with Crippen molar-refractivity contribution in [2.75, 3.05) is 0 Å². The van der Waals surface area contributed by atoms with Gasteiger partial charge in [-0.05, 0) is 0 Å². The van der Waals surface area contributed by atoms with Gasteiger partial charge in [-0.15, -0.1) is 0 Å². The first-order valence-corrected chi connectivity index (χ1v) is 0. The molecule has 0 rings (SSSR count). The van der Waals surface area contributed by atoms with Crippen molar-refractivity contribution in [1.82, 2.24) is 0 Å². The molecular formula is Nd3Pd4. The van der Waals surface area contributed by atoms with Crippen LogP contribution in [0.1, 0.15) is 0 Å². The zero-order chi connectivity index (χ0) is 0. The first-order valence-electron chi connectivity index (χ1n) is 0. The minimum absolute atomic E-state index is 0. The molecule has 0 fully saturated rings. The summed E-state index contributed by atoms with van der Waals surface area (Å²) < 4.78 is 0. The molecule has 7 heavy (non-hydrogen) atoms. The third-order valence-electron chi connectivity index (χ3n) is 0. The molecular weight excluding hydrogens is 858 g/mol. The molecule has 0 amide bonds. The summed E-state index contributed by atoms with van der Waals surface area (Å²) in [6, 6.07) is 0. The van der Waals surface area contributed by atoms with Gasteiger partial charge in [0, 0.05) is 204 Å². The quantitative estimate of drug-likeness (QED) is 0.302. The molecule has 0 aliphatic heterocycles. The third kappa shape index (κ3) is 32.4. The van der Waals surface area contributed by atoms with Crippen LogP contribution in [-0.4, -0.2) is 0 Å². The average Bonchev–Trinajstić information content (AvgIpc) is 0. The third-order valence-corrected chi connectivity index (χ3v) is 0. The fourth-order valence-electron chi connectivity index (χ4n) is 0. The van der Waals surface area contributed by atoms with Crippen LogP contribution in [0.2, 0.25) is 0 Å². The van der Waals surface area contributed by atoms with E-state index >= 15 is 0 Å². The van der Waals surface area contributed by atoms with Gasteiger partial charge in [0.2, 0.25) is 0 Å². The number of rotatable bonds is 0. The van der Waals surface area contributed by atoms with Gasteiger partial charge in [0.15, 0.2) is 0 Å². The van der Waals surface area contributed by atoms with Gasteiger partial charge >= 0.3 is 0 Å². The normalized spacial score (nSPS) is 0. The number of hydrogen-bond donors (Lipinski definition) is 0. The first-order chi connectivity index (χ1) is 0. The maximum Gasteiger partial charge on any atom is 0 e. The van der Waals surface area contributed by atoms with Crippen molar-refractivity contribution in [1.29, 1.82) is 0 Å².